The van der Waals surface area contributed by atoms with Crippen LogP contribution in [0.15, 0.2) is 0 Å². The predicted octanol–water partition coefficient (Wildman–Crippen LogP) is 0.313. The van der Waals surface area contributed by atoms with E-state index >= 15 is 0 Å². The zero-order valence-electron chi connectivity index (χ0n) is 8.48. The Labute approximate surface area is 91.6 Å². The maximum atomic E-state index is 11.2. The molecule has 10 heteroatoms. The number of hydrogen-bond acceptors (Lipinski definition) is 3. The van der Waals surface area contributed by atoms with Gasteiger partial charge in [-0.15, -0.1) is 0 Å². The summed E-state index contributed by atoms with van der Waals surface area (Å²) in [6.07, 6.45) is -1.99. The van der Waals surface area contributed by atoms with E-state index in [1.54, 1.807) is 0 Å². The topological polar surface area (TPSA) is 152 Å². The van der Waals surface area contributed by atoms with Crippen LogP contribution < -0.4 is 0 Å². The van der Waals surface area contributed by atoms with E-state index in [-0.39, 0.29) is 0 Å². The Balaban J connectivity index is 5.41. The molecular formula is C6H14O8P2. The van der Waals surface area contributed by atoms with Gasteiger partial charge in [0.05, 0.1) is 0 Å². The maximum Gasteiger partial charge on any atom is 0.343 e. The third-order valence-electron chi connectivity index (χ3n) is 2.39. The lowest BCUT2D eigenvalue weighted by atomic mass is 10.2. The average molecular weight is 276 g/mol. The molecule has 0 unspecified atom stereocenters. The first-order valence-electron chi connectivity index (χ1n) is 4.31. The van der Waals surface area contributed by atoms with Crippen molar-refractivity contribution in [2.75, 3.05) is 0 Å². The molecule has 0 bridgehead atoms. The zero-order chi connectivity index (χ0) is 13.2. The molecule has 0 aromatic heterocycles. The molecule has 0 aliphatic rings. The Bertz CT molecular complexity index is 330. The molecule has 0 rings (SSSR count). The summed E-state index contributed by atoms with van der Waals surface area (Å²) in [4.78, 5) is 43.7. The first-order valence-corrected chi connectivity index (χ1v) is 7.53. The van der Waals surface area contributed by atoms with Crippen LogP contribution in [-0.4, -0.2) is 35.5 Å². The molecular weight excluding hydrogens is 262 g/mol. The van der Waals surface area contributed by atoms with Crippen molar-refractivity contribution in [1.29, 1.82) is 0 Å². The predicted molar refractivity (Wildman–Crippen MR) is 54.0 cm³/mol. The van der Waals surface area contributed by atoms with Gasteiger partial charge in [0.2, 0.25) is 0 Å². The molecule has 0 aliphatic carbocycles. The van der Waals surface area contributed by atoms with Crippen molar-refractivity contribution in [3.63, 3.8) is 0 Å². The number of hydrogen-bond donors (Lipinski definition) is 5. The van der Waals surface area contributed by atoms with Crippen LogP contribution in [0.5, 0.6) is 0 Å². The quantitative estimate of drug-likeness (QED) is 0.434. The third-order valence-corrected chi connectivity index (χ3v) is 7.20. The van der Waals surface area contributed by atoms with Crippen LogP contribution in [0.25, 0.3) is 0 Å². The van der Waals surface area contributed by atoms with E-state index in [0.717, 1.165) is 0 Å². The highest BCUT2D eigenvalue weighted by molar-refractivity contribution is 7.72. The fourth-order valence-electron chi connectivity index (χ4n) is 1.36. The van der Waals surface area contributed by atoms with Crippen molar-refractivity contribution in [1.82, 2.24) is 0 Å². The molecule has 0 fully saturated rings. The van der Waals surface area contributed by atoms with E-state index in [0.29, 0.717) is 0 Å². The summed E-state index contributed by atoms with van der Waals surface area (Å²) in [5, 5.41) is 8.40. The molecule has 96 valence electrons. The van der Waals surface area contributed by atoms with Crippen LogP contribution in [0.4, 0.5) is 0 Å². The molecule has 0 aromatic rings. The van der Waals surface area contributed by atoms with E-state index in [1.165, 1.54) is 6.92 Å². The van der Waals surface area contributed by atoms with Gasteiger partial charge in [0.1, 0.15) is 0 Å². The number of carboxylic acids is 1. The van der Waals surface area contributed by atoms with Crippen molar-refractivity contribution in [3.8, 4) is 0 Å². The van der Waals surface area contributed by atoms with Crippen LogP contribution in [0.2, 0.25) is 0 Å². The summed E-state index contributed by atoms with van der Waals surface area (Å²) in [5.74, 6) is -1.38. The minimum Gasteiger partial charge on any atom is -0.481 e. The molecule has 0 aromatic carbocycles. The van der Waals surface area contributed by atoms with Gasteiger partial charge in [-0.1, -0.05) is 6.92 Å². The Morgan fingerprint density at radius 2 is 1.50 bits per heavy atom. The highest BCUT2D eigenvalue weighted by atomic mass is 31.2. The van der Waals surface area contributed by atoms with E-state index < -0.39 is 45.3 Å². The molecule has 0 radical (unpaired) electrons. The largest absolute Gasteiger partial charge is 0.481 e. The second-order valence-electron chi connectivity index (χ2n) is 3.32. The molecule has 0 amide bonds. The van der Waals surface area contributed by atoms with Gasteiger partial charge < -0.3 is 24.7 Å². The van der Waals surface area contributed by atoms with Gasteiger partial charge in [-0.25, -0.2) is 0 Å². The lowest BCUT2D eigenvalue weighted by Gasteiger charge is -2.33. The van der Waals surface area contributed by atoms with Gasteiger partial charge in [-0.2, -0.15) is 0 Å². The Hall–Kier alpha value is -0.230. The fourth-order valence-corrected chi connectivity index (χ4v) is 4.34. The number of carboxylic acid groups (broad SMARTS) is 1. The van der Waals surface area contributed by atoms with Crippen LogP contribution in [0, 0.1) is 0 Å². The molecule has 0 saturated heterocycles. The normalized spacial score (nSPS) is 13.8. The summed E-state index contributed by atoms with van der Waals surface area (Å²) in [5.41, 5.74) is 0. The van der Waals surface area contributed by atoms with Gasteiger partial charge in [0.15, 0.2) is 4.90 Å². The second kappa shape index (κ2) is 4.96. The van der Waals surface area contributed by atoms with Crippen LogP contribution in [-0.2, 0) is 13.9 Å². The molecule has 16 heavy (non-hydrogen) atoms. The van der Waals surface area contributed by atoms with Gasteiger partial charge >= 0.3 is 21.2 Å². The summed E-state index contributed by atoms with van der Waals surface area (Å²) < 4.78 is 22.3. The van der Waals surface area contributed by atoms with Gasteiger partial charge in [0.25, 0.3) is 0 Å². The number of carbonyl (C=O) groups is 1. The number of aliphatic carboxylic acids is 1. The first kappa shape index (κ1) is 15.8. The number of rotatable bonds is 6. The van der Waals surface area contributed by atoms with Crippen molar-refractivity contribution < 1.29 is 38.6 Å². The van der Waals surface area contributed by atoms with Gasteiger partial charge in [-0.3, -0.25) is 13.9 Å². The molecule has 0 atom stereocenters. The molecule has 5 N–H and O–H groups in total. The zero-order valence-corrected chi connectivity index (χ0v) is 10.3. The average Bonchev–Trinajstić information content (AvgIpc) is 1.99. The Morgan fingerprint density at radius 1 is 1.12 bits per heavy atom. The summed E-state index contributed by atoms with van der Waals surface area (Å²) in [6, 6.07) is 0. The Kier molecular flexibility index (Phi) is 4.89. The molecule has 0 saturated carbocycles. The van der Waals surface area contributed by atoms with Crippen molar-refractivity contribution in [3.05, 3.63) is 0 Å². The summed E-state index contributed by atoms with van der Waals surface area (Å²) in [7, 11) is -10.2. The lowest BCUT2D eigenvalue weighted by Crippen LogP contribution is -2.29. The second-order valence-corrected chi connectivity index (χ2v) is 7.56. The van der Waals surface area contributed by atoms with Gasteiger partial charge in [-0.05, 0) is 12.8 Å². The third kappa shape index (κ3) is 3.13. The van der Waals surface area contributed by atoms with E-state index in [9.17, 15) is 13.9 Å². The monoisotopic (exact) mass is 276 g/mol. The summed E-state index contributed by atoms with van der Waals surface area (Å²) in [6.45, 7) is 1.19. The van der Waals surface area contributed by atoms with E-state index in [4.69, 9.17) is 24.7 Å². The molecule has 0 aliphatic heterocycles. The smallest absolute Gasteiger partial charge is 0.343 e. The minimum absolute atomic E-state index is 0.505. The maximum absolute atomic E-state index is 11.2. The van der Waals surface area contributed by atoms with E-state index in [1.807, 2.05) is 0 Å². The van der Waals surface area contributed by atoms with Crippen molar-refractivity contribution in [2.45, 2.75) is 31.1 Å². The van der Waals surface area contributed by atoms with E-state index in [2.05, 4.69) is 0 Å². The molecule has 8 nitrogen and oxygen atoms in total. The Morgan fingerprint density at radius 3 is 1.69 bits per heavy atom. The van der Waals surface area contributed by atoms with Crippen molar-refractivity contribution >= 4 is 21.2 Å². The highest BCUT2D eigenvalue weighted by Crippen LogP contribution is 2.72. The van der Waals surface area contributed by atoms with Gasteiger partial charge in [0, 0.05) is 6.42 Å². The van der Waals surface area contributed by atoms with Crippen LogP contribution in [0.1, 0.15) is 26.2 Å². The van der Waals surface area contributed by atoms with Crippen molar-refractivity contribution in [2.24, 2.45) is 0 Å². The fraction of sp³-hybridized carbons (Fsp3) is 0.833. The highest BCUT2D eigenvalue weighted by Gasteiger charge is 2.58. The lowest BCUT2D eigenvalue weighted by molar-refractivity contribution is -0.137. The summed E-state index contributed by atoms with van der Waals surface area (Å²) >= 11 is 0. The molecule has 0 spiro atoms. The SMILES string of the molecule is CCC(CCC(=O)O)(P(=O)(O)O)P(=O)(O)O. The first-order chi connectivity index (χ1) is 6.98. The molecule has 0 heterocycles. The standard InChI is InChI=1S/C6H14O8P2/c1-2-6(15(9,10)11,16(12,13)14)4-3-5(7)8/h2-4H2,1H3,(H,7,8)(H2,9,10,11)(H2,12,13,14). The minimum atomic E-state index is -5.11. The van der Waals surface area contributed by atoms with Crippen LogP contribution >= 0.6 is 15.2 Å². The van der Waals surface area contributed by atoms with Crippen LogP contribution in [0.3, 0.4) is 0 Å².